The number of carbonyl (C=O) groups is 1. The van der Waals surface area contributed by atoms with Crippen molar-refractivity contribution in [2.75, 3.05) is 29.1 Å². The molecule has 0 amide bonds. The van der Waals surface area contributed by atoms with Gasteiger partial charge in [-0.05, 0) is 72.7 Å². The molecule has 0 radical (unpaired) electrons. The molecule has 198 valence electrons. The van der Waals surface area contributed by atoms with Gasteiger partial charge >= 0.3 is 5.97 Å². The summed E-state index contributed by atoms with van der Waals surface area (Å²) in [7, 11) is -3.66. The van der Waals surface area contributed by atoms with E-state index in [1.807, 2.05) is 30.0 Å². The third kappa shape index (κ3) is 5.37. The number of carboxylic acid groups (broad SMARTS) is 1. The fraction of sp³-hybridized carbons (Fsp3) is 0.296. The van der Waals surface area contributed by atoms with Gasteiger partial charge < -0.3 is 15.3 Å². The van der Waals surface area contributed by atoms with E-state index < -0.39 is 21.6 Å². The number of carboxylic acids is 1. The van der Waals surface area contributed by atoms with Crippen LogP contribution in [0.25, 0.3) is 5.57 Å². The maximum Gasteiger partial charge on any atom is 0.307 e. The molecule has 2 aromatic carbocycles. The number of benzene rings is 2. The molecule has 8 nitrogen and oxygen atoms in total. The summed E-state index contributed by atoms with van der Waals surface area (Å²) in [6.45, 7) is 3.17. The van der Waals surface area contributed by atoms with Gasteiger partial charge in [-0.1, -0.05) is 29.8 Å². The number of hydrogen-bond donors (Lipinski definition) is 2. The van der Waals surface area contributed by atoms with E-state index in [9.17, 15) is 17.6 Å². The summed E-state index contributed by atoms with van der Waals surface area (Å²) in [4.78, 5) is 22.1. The van der Waals surface area contributed by atoms with Crippen molar-refractivity contribution in [3.63, 3.8) is 0 Å². The van der Waals surface area contributed by atoms with E-state index in [2.05, 4.69) is 21.4 Å². The van der Waals surface area contributed by atoms with Crippen molar-refractivity contribution < 1.29 is 22.7 Å². The van der Waals surface area contributed by atoms with Gasteiger partial charge in [0.2, 0.25) is 5.95 Å². The fourth-order valence-corrected chi connectivity index (χ4v) is 6.75. The lowest BCUT2D eigenvalue weighted by atomic mass is 9.96. The van der Waals surface area contributed by atoms with Crippen LogP contribution in [0.1, 0.15) is 35.2 Å². The van der Waals surface area contributed by atoms with E-state index in [0.29, 0.717) is 48.2 Å². The predicted molar refractivity (Wildman–Crippen MR) is 144 cm³/mol. The van der Waals surface area contributed by atoms with Gasteiger partial charge in [0.05, 0.1) is 23.6 Å². The minimum absolute atomic E-state index is 0.00537. The summed E-state index contributed by atoms with van der Waals surface area (Å²) in [6.07, 6.45) is 3.44. The highest BCUT2D eigenvalue weighted by atomic mass is 35.5. The Labute approximate surface area is 225 Å². The third-order valence-electron chi connectivity index (χ3n) is 6.73. The van der Waals surface area contributed by atoms with E-state index in [-0.39, 0.29) is 28.6 Å². The maximum absolute atomic E-state index is 14.9. The molecule has 3 heterocycles. The quantitative estimate of drug-likeness (QED) is 0.438. The average Bonchev–Trinajstić information content (AvgIpc) is 2.85. The molecule has 0 unspecified atom stereocenters. The van der Waals surface area contributed by atoms with Crippen molar-refractivity contribution in [2.45, 2.75) is 37.5 Å². The van der Waals surface area contributed by atoms with Gasteiger partial charge in [0, 0.05) is 18.1 Å². The van der Waals surface area contributed by atoms with Gasteiger partial charge in [-0.2, -0.15) is 4.98 Å². The Hall–Kier alpha value is -3.50. The minimum atomic E-state index is -3.66. The second-order valence-electron chi connectivity index (χ2n) is 9.46. The van der Waals surface area contributed by atoms with Gasteiger partial charge in [0.1, 0.15) is 10.7 Å². The Balaban J connectivity index is 1.48. The lowest BCUT2D eigenvalue weighted by Gasteiger charge is -2.29. The van der Waals surface area contributed by atoms with Crippen molar-refractivity contribution >= 4 is 50.4 Å². The Morgan fingerprint density at radius 2 is 2.00 bits per heavy atom. The van der Waals surface area contributed by atoms with E-state index in [1.54, 1.807) is 0 Å². The SMILES string of the molecule is Cc1cc(Cl)ccc1C1=CCN(c2nc3c(c(Nc4ccc(CC(=O)O)cc4F)n2)S(=O)(=O)CCC3)CC1. The molecule has 0 saturated carbocycles. The van der Waals surface area contributed by atoms with Crippen molar-refractivity contribution in [3.8, 4) is 0 Å². The van der Waals surface area contributed by atoms with Gasteiger partial charge in [-0.3, -0.25) is 4.79 Å². The Kier molecular flexibility index (Phi) is 7.11. The molecule has 2 aliphatic heterocycles. The van der Waals surface area contributed by atoms with E-state index in [1.165, 1.54) is 17.7 Å². The van der Waals surface area contributed by atoms with Crippen LogP contribution in [0, 0.1) is 12.7 Å². The zero-order valence-electron chi connectivity index (χ0n) is 20.7. The summed E-state index contributed by atoms with van der Waals surface area (Å²) in [5, 5.41) is 12.5. The highest BCUT2D eigenvalue weighted by Crippen LogP contribution is 2.35. The smallest absolute Gasteiger partial charge is 0.307 e. The molecule has 0 fully saturated rings. The third-order valence-corrected chi connectivity index (χ3v) is 8.84. The first-order valence-electron chi connectivity index (χ1n) is 12.2. The van der Waals surface area contributed by atoms with Crippen LogP contribution in [0.2, 0.25) is 5.02 Å². The minimum Gasteiger partial charge on any atom is -0.481 e. The van der Waals surface area contributed by atoms with Crippen molar-refractivity contribution in [2.24, 2.45) is 0 Å². The maximum atomic E-state index is 14.9. The molecular formula is C27H26ClFN4O4S. The number of rotatable bonds is 6. The average molecular weight is 557 g/mol. The molecule has 0 aliphatic carbocycles. The summed E-state index contributed by atoms with van der Waals surface area (Å²) in [5.41, 5.74) is 4.13. The van der Waals surface area contributed by atoms with E-state index in [4.69, 9.17) is 16.7 Å². The van der Waals surface area contributed by atoms with Crippen molar-refractivity contribution in [1.82, 2.24) is 9.97 Å². The highest BCUT2D eigenvalue weighted by Gasteiger charge is 2.31. The van der Waals surface area contributed by atoms with Crippen LogP contribution >= 0.6 is 11.6 Å². The highest BCUT2D eigenvalue weighted by molar-refractivity contribution is 7.91. The molecule has 0 spiro atoms. The molecule has 38 heavy (non-hydrogen) atoms. The summed E-state index contributed by atoms with van der Waals surface area (Å²) < 4.78 is 40.8. The molecule has 2 aliphatic rings. The summed E-state index contributed by atoms with van der Waals surface area (Å²) in [5.74, 6) is -1.41. The van der Waals surface area contributed by atoms with E-state index in [0.717, 1.165) is 23.6 Å². The summed E-state index contributed by atoms with van der Waals surface area (Å²) in [6, 6.07) is 9.81. The molecule has 0 bridgehead atoms. The van der Waals surface area contributed by atoms with E-state index >= 15 is 0 Å². The molecule has 0 saturated heterocycles. The van der Waals surface area contributed by atoms with Gasteiger partial charge in [0.15, 0.2) is 15.7 Å². The number of nitrogens with one attached hydrogen (secondary N) is 1. The topological polar surface area (TPSA) is 112 Å². The monoisotopic (exact) mass is 556 g/mol. The number of nitrogens with zero attached hydrogens (tertiary/aromatic N) is 3. The predicted octanol–water partition coefficient (Wildman–Crippen LogP) is 4.96. The number of fused-ring (bicyclic) bond motifs is 1. The first-order chi connectivity index (χ1) is 18.1. The van der Waals surface area contributed by atoms with Gasteiger partial charge in [0.25, 0.3) is 0 Å². The van der Waals surface area contributed by atoms with Crippen LogP contribution in [0.4, 0.5) is 21.8 Å². The number of aliphatic carboxylic acids is 1. The molecule has 0 atom stereocenters. The molecular weight excluding hydrogens is 531 g/mol. The first-order valence-corrected chi connectivity index (χ1v) is 14.2. The zero-order chi connectivity index (χ0) is 27.0. The van der Waals surface area contributed by atoms with Crippen LogP contribution in [0.5, 0.6) is 0 Å². The number of aromatic nitrogens is 2. The largest absolute Gasteiger partial charge is 0.481 e. The molecule has 3 aromatic rings. The molecule has 1 aromatic heterocycles. The molecule has 2 N–H and O–H groups in total. The number of aryl methyl sites for hydroxylation is 2. The number of hydrogen-bond acceptors (Lipinski definition) is 7. The second kappa shape index (κ2) is 10.3. The Morgan fingerprint density at radius 1 is 1.18 bits per heavy atom. The van der Waals surface area contributed by atoms with Crippen LogP contribution in [0.15, 0.2) is 47.4 Å². The Bertz CT molecular complexity index is 1580. The van der Waals surface area contributed by atoms with Crippen LogP contribution in [0.3, 0.4) is 0 Å². The first kappa shape index (κ1) is 26.1. The van der Waals surface area contributed by atoms with Gasteiger partial charge in [-0.15, -0.1) is 0 Å². The number of sulfone groups is 1. The number of anilines is 3. The van der Waals surface area contributed by atoms with Crippen molar-refractivity contribution in [1.29, 1.82) is 0 Å². The fourth-order valence-electron chi connectivity index (χ4n) is 4.89. The van der Waals surface area contributed by atoms with Crippen LogP contribution < -0.4 is 10.2 Å². The van der Waals surface area contributed by atoms with Gasteiger partial charge in [-0.25, -0.2) is 17.8 Å². The van der Waals surface area contributed by atoms with Crippen LogP contribution in [-0.4, -0.2) is 48.3 Å². The number of halogens is 2. The second-order valence-corrected chi connectivity index (χ2v) is 11.9. The van der Waals surface area contributed by atoms with Crippen LogP contribution in [-0.2, 0) is 27.5 Å². The summed E-state index contributed by atoms with van der Waals surface area (Å²) >= 11 is 6.11. The Morgan fingerprint density at radius 3 is 2.68 bits per heavy atom. The standard InChI is InChI=1S/C27H26ClFN4O4S/c1-16-13-19(28)5-6-20(16)18-8-10-33(11-9-18)27-31-23-3-2-12-38(36,37)25(23)26(32-27)30-22-7-4-17(14-21(22)29)15-24(34)35/h4-8,13-14H,2-3,9-12,15H2,1H3,(H,34,35)(H,30,31,32). The lowest BCUT2D eigenvalue weighted by molar-refractivity contribution is -0.136. The molecule has 5 rings (SSSR count). The van der Waals surface area contributed by atoms with Crippen molar-refractivity contribution in [3.05, 3.63) is 75.7 Å². The lowest BCUT2D eigenvalue weighted by Crippen LogP contribution is -2.31. The zero-order valence-corrected chi connectivity index (χ0v) is 22.2. The normalized spacial score (nSPS) is 16.5. The molecule has 11 heteroatoms.